The van der Waals surface area contributed by atoms with Gasteiger partial charge in [0.2, 0.25) is 0 Å². The number of nitrogens with one attached hydrogen (secondary N) is 1. The van der Waals surface area contributed by atoms with Crippen LogP contribution in [0.4, 0.5) is 11.4 Å². The first-order chi connectivity index (χ1) is 14.6. The summed E-state index contributed by atoms with van der Waals surface area (Å²) in [5, 5.41) is 3.22. The third-order valence-corrected chi connectivity index (χ3v) is 6.69. The molecule has 2 aromatic carbocycles. The van der Waals surface area contributed by atoms with E-state index in [0.717, 1.165) is 12.0 Å². The molecule has 1 unspecified atom stereocenters. The number of nitrogens with zero attached hydrogens (tertiary/aromatic N) is 2. The Kier molecular flexibility index (Phi) is 5.40. The maximum atomic E-state index is 13.2. The highest BCUT2D eigenvalue weighted by Crippen LogP contribution is 2.42. The number of hydrogen-bond donors (Lipinski definition) is 1. The lowest BCUT2D eigenvalue weighted by molar-refractivity contribution is -0.122. The van der Waals surface area contributed by atoms with Gasteiger partial charge in [-0.2, -0.15) is 0 Å². The fourth-order valence-electron chi connectivity index (χ4n) is 4.33. The predicted molar refractivity (Wildman–Crippen MR) is 130 cm³/mol. The zero-order chi connectivity index (χ0) is 22.5. The molecular weight excluding hydrogens is 430 g/mol. The molecule has 1 N–H and O–H groups in total. The van der Waals surface area contributed by atoms with Crippen LogP contribution >= 0.6 is 23.8 Å². The van der Waals surface area contributed by atoms with E-state index in [1.807, 2.05) is 6.07 Å². The molecule has 2 aromatic rings. The van der Waals surface area contributed by atoms with Crippen LogP contribution in [0.15, 0.2) is 48.0 Å². The van der Waals surface area contributed by atoms with Gasteiger partial charge in [-0.05, 0) is 92.0 Å². The van der Waals surface area contributed by atoms with Crippen molar-refractivity contribution in [2.75, 3.05) is 16.8 Å². The largest absolute Gasteiger partial charge is 0.369 e. The van der Waals surface area contributed by atoms with Gasteiger partial charge in [-0.15, -0.1) is 0 Å². The summed E-state index contributed by atoms with van der Waals surface area (Å²) in [6.45, 7) is 6.69. The van der Waals surface area contributed by atoms with Gasteiger partial charge < -0.3 is 4.90 Å². The van der Waals surface area contributed by atoms with Crippen LogP contribution in [0.2, 0.25) is 5.02 Å². The van der Waals surface area contributed by atoms with E-state index in [1.54, 1.807) is 30.3 Å². The molecule has 2 aliphatic heterocycles. The van der Waals surface area contributed by atoms with Crippen molar-refractivity contribution < 1.29 is 9.59 Å². The summed E-state index contributed by atoms with van der Waals surface area (Å²) in [7, 11) is 2.10. The van der Waals surface area contributed by atoms with Crippen molar-refractivity contribution in [3.63, 3.8) is 0 Å². The molecule has 160 valence electrons. The second-order valence-electron chi connectivity index (χ2n) is 8.73. The molecular formula is C24H24ClN3O2S. The van der Waals surface area contributed by atoms with Gasteiger partial charge in [0.25, 0.3) is 11.8 Å². The van der Waals surface area contributed by atoms with E-state index in [2.05, 4.69) is 50.2 Å². The van der Waals surface area contributed by atoms with Gasteiger partial charge in [-0.1, -0.05) is 24.6 Å². The smallest absolute Gasteiger partial charge is 0.270 e. The number of thiocarbonyl (C=S) groups is 1. The molecule has 1 saturated heterocycles. The summed E-state index contributed by atoms with van der Waals surface area (Å²) in [5.74, 6) is -0.585. The first kappa shape index (κ1) is 21.5. The molecule has 1 fully saturated rings. The van der Waals surface area contributed by atoms with Crippen molar-refractivity contribution in [2.45, 2.75) is 38.6 Å². The third kappa shape index (κ3) is 3.86. The second kappa shape index (κ2) is 7.77. The Labute approximate surface area is 192 Å². The SMILES string of the molecule is CC1CC(C)(C)N(C)c2ccc(/C=C3/C(=O)NC(=S)N(c4ccc(Cl)cc4)C3=O)cc21. The highest BCUT2D eigenvalue weighted by molar-refractivity contribution is 7.80. The molecule has 0 bridgehead atoms. The number of anilines is 2. The highest BCUT2D eigenvalue weighted by Gasteiger charge is 2.36. The van der Waals surface area contributed by atoms with Crippen molar-refractivity contribution in [1.29, 1.82) is 0 Å². The fourth-order valence-corrected chi connectivity index (χ4v) is 4.74. The zero-order valence-electron chi connectivity index (χ0n) is 17.9. The number of carbonyl (C=O) groups is 2. The molecule has 5 nitrogen and oxygen atoms in total. The Bertz CT molecular complexity index is 1120. The van der Waals surface area contributed by atoms with E-state index in [9.17, 15) is 9.59 Å². The van der Waals surface area contributed by atoms with Gasteiger partial charge in [-0.3, -0.25) is 19.8 Å². The van der Waals surface area contributed by atoms with Crippen LogP contribution in [0.25, 0.3) is 6.08 Å². The Morgan fingerprint density at radius 3 is 2.52 bits per heavy atom. The first-order valence-corrected chi connectivity index (χ1v) is 10.9. The molecule has 2 aliphatic rings. The van der Waals surface area contributed by atoms with Crippen molar-refractivity contribution in [1.82, 2.24) is 5.32 Å². The first-order valence-electron chi connectivity index (χ1n) is 10.1. The summed E-state index contributed by atoms with van der Waals surface area (Å²) in [6.07, 6.45) is 2.66. The number of benzene rings is 2. The lowest BCUT2D eigenvalue weighted by Crippen LogP contribution is -2.54. The van der Waals surface area contributed by atoms with Crippen LogP contribution in [0.5, 0.6) is 0 Å². The molecule has 31 heavy (non-hydrogen) atoms. The number of rotatable bonds is 2. The molecule has 0 spiro atoms. The van der Waals surface area contributed by atoms with Gasteiger partial charge in [0.05, 0.1) is 5.69 Å². The monoisotopic (exact) mass is 453 g/mol. The van der Waals surface area contributed by atoms with Crippen LogP contribution in [0, 0.1) is 0 Å². The topological polar surface area (TPSA) is 52.7 Å². The van der Waals surface area contributed by atoms with E-state index < -0.39 is 11.8 Å². The van der Waals surface area contributed by atoms with Crippen molar-refractivity contribution in [3.8, 4) is 0 Å². The van der Waals surface area contributed by atoms with E-state index in [0.29, 0.717) is 16.6 Å². The molecule has 2 amide bonds. The van der Waals surface area contributed by atoms with Gasteiger partial charge in [-0.25, -0.2) is 0 Å². The lowest BCUT2D eigenvalue weighted by Gasteiger charge is -2.45. The second-order valence-corrected chi connectivity index (χ2v) is 9.55. The molecule has 0 aromatic heterocycles. The normalized spacial score (nSPS) is 21.9. The van der Waals surface area contributed by atoms with Crippen molar-refractivity contribution >= 4 is 58.2 Å². The zero-order valence-corrected chi connectivity index (χ0v) is 19.5. The number of amides is 2. The molecule has 0 radical (unpaired) electrons. The number of carbonyl (C=O) groups excluding carboxylic acids is 2. The molecule has 2 heterocycles. The number of hydrogen-bond acceptors (Lipinski definition) is 4. The van der Waals surface area contributed by atoms with Crippen LogP contribution in [-0.4, -0.2) is 29.5 Å². The number of halogens is 1. The molecule has 4 rings (SSSR count). The minimum atomic E-state index is -0.496. The Hall–Kier alpha value is -2.70. The Morgan fingerprint density at radius 2 is 1.84 bits per heavy atom. The summed E-state index contributed by atoms with van der Waals surface area (Å²) >= 11 is 11.2. The number of fused-ring (bicyclic) bond motifs is 1. The highest BCUT2D eigenvalue weighted by atomic mass is 35.5. The van der Waals surface area contributed by atoms with E-state index in [-0.39, 0.29) is 16.2 Å². The summed E-state index contributed by atoms with van der Waals surface area (Å²) < 4.78 is 0. The van der Waals surface area contributed by atoms with E-state index in [1.165, 1.54) is 16.2 Å². The maximum Gasteiger partial charge on any atom is 0.270 e. The van der Waals surface area contributed by atoms with Crippen LogP contribution in [0.1, 0.15) is 44.2 Å². The predicted octanol–water partition coefficient (Wildman–Crippen LogP) is 4.89. The van der Waals surface area contributed by atoms with Gasteiger partial charge in [0, 0.05) is 23.3 Å². The molecule has 0 aliphatic carbocycles. The molecule has 0 saturated carbocycles. The summed E-state index contributed by atoms with van der Waals surface area (Å²) in [5.41, 5.74) is 3.86. The lowest BCUT2D eigenvalue weighted by atomic mass is 9.80. The standard InChI is InChI=1S/C24H24ClN3O2S/c1-14-13-24(2,3)27(4)20-10-5-15(11-18(14)20)12-19-21(29)26-23(31)28(22(19)30)17-8-6-16(25)7-9-17/h5-12,14H,13H2,1-4H3,(H,26,29,31)/b19-12-. The van der Waals surface area contributed by atoms with E-state index in [4.69, 9.17) is 23.8 Å². The Morgan fingerprint density at radius 1 is 1.16 bits per heavy atom. The van der Waals surface area contributed by atoms with Gasteiger partial charge >= 0.3 is 0 Å². The van der Waals surface area contributed by atoms with Crippen molar-refractivity contribution in [3.05, 3.63) is 64.2 Å². The van der Waals surface area contributed by atoms with Gasteiger partial charge in [0.1, 0.15) is 5.57 Å². The Balaban J connectivity index is 1.72. The average molecular weight is 454 g/mol. The molecule has 1 atom stereocenters. The molecule has 7 heteroatoms. The summed E-state index contributed by atoms with van der Waals surface area (Å²) in [4.78, 5) is 29.4. The maximum absolute atomic E-state index is 13.2. The van der Waals surface area contributed by atoms with Crippen LogP contribution in [-0.2, 0) is 9.59 Å². The van der Waals surface area contributed by atoms with Crippen molar-refractivity contribution in [2.24, 2.45) is 0 Å². The van der Waals surface area contributed by atoms with Gasteiger partial charge in [0.15, 0.2) is 5.11 Å². The quantitative estimate of drug-likeness (QED) is 0.399. The summed E-state index contributed by atoms with van der Waals surface area (Å²) in [6, 6.07) is 12.8. The average Bonchev–Trinajstić information content (AvgIpc) is 2.70. The third-order valence-electron chi connectivity index (χ3n) is 6.16. The minimum Gasteiger partial charge on any atom is -0.369 e. The fraction of sp³-hybridized carbons (Fsp3) is 0.292. The minimum absolute atomic E-state index is 0.0423. The van der Waals surface area contributed by atoms with Crippen LogP contribution in [0.3, 0.4) is 0 Å². The van der Waals surface area contributed by atoms with E-state index >= 15 is 0 Å². The van der Waals surface area contributed by atoms with Crippen LogP contribution < -0.4 is 15.1 Å².